The molecule has 7 nitrogen and oxygen atoms in total. The third kappa shape index (κ3) is 4.28. The molecule has 0 spiro atoms. The molecule has 2 aromatic carbocycles. The molecule has 0 radical (unpaired) electrons. The van der Waals surface area contributed by atoms with Crippen LogP contribution in [0.1, 0.15) is 61.9 Å². The summed E-state index contributed by atoms with van der Waals surface area (Å²) in [5.41, 5.74) is 12.1. The van der Waals surface area contributed by atoms with Crippen LogP contribution in [-0.2, 0) is 13.6 Å². The van der Waals surface area contributed by atoms with Crippen LogP contribution >= 0.6 is 0 Å². The van der Waals surface area contributed by atoms with Crippen LogP contribution in [0.4, 0.5) is 0 Å². The normalized spacial score (nSPS) is 22.0. The smallest absolute Gasteiger partial charge is 0.254 e. The van der Waals surface area contributed by atoms with Gasteiger partial charge in [0.2, 0.25) is 0 Å². The summed E-state index contributed by atoms with van der Waals surface area (Å²) in [5, 5.41) is 1.22. The number of aryl methyl sites for hydroxylation is 1. The van der Waals surface area contributed by atoms with Gasteiger partial charge in [0.05, 0.1) is 18.3 Å². The molecule has 2 N–H and O–H groups in total. The van der Waals surface area contributed by atoms with E-state index < -0.39 is 0 Å². The molecule has 7 rings (SSSR count). The molecule has 3 fully saturated rings. The number of carbonyl (C=O) groups is 1. The Hall–Kier alpha value is -3.58. The first-order valence-corrected chi connectivity index (χ1v) is 15.2. The summed E-state index contributed by atoms with van der Waals surface area (Å²) in [6.07, 6.45) is 10.3. The summed E-state index contributed by atoms with van der Waals surface area (Å²) in [7, 11) is 3.72. The molecule has 1 amide bonds. The van der Waals surface area contributed by atoms with Crippen molar-refractivity contribution in [3.05, 3.63) is 53.6 Å². The zero-order valence-corrected chi connectivity index (χ0v) is 24.7. The minimum Gasteiger partial charge on any atom is -0.494 e. The van der Waals surface area contributed by atoms with Crippen LogP contribution < -0.4 is 10.5 Å². The van der Waals surface area contributed by atoms with Gasteiger partial charge >= 0.3 is 0 Å². The van der Waals surface area contributed by atoms with Gasteiger partial charge in [-0.2, -0.15) is 0 Å². The maximum Gasteiger partial charge on any atom is 0.254 e. The number of nitrogens with two attached hydrogens (primary N) is 1. The molecule has 1 aliphatic heterocycles. The third-order valence-electron chi connectivity index (χ3n) is 9.77. The first-order valence-electron chi connectivity index (χ1n) is 15.2. The Labute approximate surface area is 242 Å². The van der Waals surface area contributed by atoms with Gasteiger partial charge in [0.15, 0.2) is 5.82 Å². The van der Waals surface area contributed by atoms with Gasteiger partial charge in [0, 0.05) is 54.6 Å². The zero-order chi connectivity index (χ0) is 28.5. The predicted octanol–water partition coefficient (Wildman–Crippen LogP) is 6.24. The number of hydrogen-bond donors (Lipinski definition) is 1. The maximum absolute atomic E-state index is 13.6. The number of amides is 1. The van der Waals surface area contributed by atoms with E-state index in [1.54, 1.807) is 7.11 Å². The number of ether oxygens (including phenoxy) is 1. The van der Waals surface area contributed by atoms with Crippen molar-refractivity contribution < 1.29 is 9.53 Å². The number of rotatable bonds is 9. The molecule has 3 heterocycles. The quantitative estimate of drug-likeness (QED) is 0.267. The van der Waals surface area contributed by atoms with Crippen molar-refractivity contribution >= 4 is 33.9 Å². The zero-order valence-electron chi connectivity index (χ0n) is 24.7. The standard InChI is InChI=1S/C34H41N5O2/c1-21(2)6-5-7-22-10-11-24-16-28(38(27(24)14-22)18-23-8-9-23)32-36-26-15-25(17-29(41-4)31(26)37(32)3)33(40)39-20-34(19-35)13-12-30(34)39/h5,7,10-11,14-17,21,23,30H,6,8-9,12-13,18-20,35H2,1-4H3/b7-5+/t30?,34-/m0/s1. The van der Waals surface area contributed by atoms with Crippen LogP contribution in [0.15, 0.2) is 42.5 Å². The monoisotopic (exact) mass is 551 g/mol. The third-order valence-corrected chi connectivity index (χ3v) is 9.77. The fraction of sp³-hybridized carbons (Fsp3) is 0.471. The number of likely N-dealkylation sites (tertiary alicyclic amines) is 1. The largest absolute Gasteiger partial charge is 0.494 e. The lowest BCUT2D eigenvalue weighted by Crippen LogP contribution is -2.74. The topological polar surface area (TPSA) is 78.3 Å². The van der Waals surface area contributed by atoms with Crippen LogP contribution in [0.2, 0.25) is 0 Å². The van der Waals surface area contributed by atoms with Gasteiger partial charge in [-0.15, -0.1) is 0 Å². The first-order chi connectivity index (χ1) is 19.8. The molecule has 1 unspecified atom stereocenters. The molecule has 3 aliphatic rings. The molecular formula is C34H41N5O2. The van der Waals surface area contributed by atoms with Gasteiger partial charge in [-0.3, -0.25) is 4.79 Å². The van der Waals surface area contributed by atoms with E-state index in [1.807, 2.05) is 24.1 Å². The number of methoxy groups -OCH3 is 1. The Kier molecular flexibility index (Phi) is 6.27. The number of fused-ring (bicyclic) bond motifs is 3. The van der Waals surface area contributed by atoms with Gasteiger partial charge < -0.3 is 24.5 Å². The molecule has 2 atom stereocenters. The lowest BCUT2D eigenvalue weighted by molar-refractivity contribution is -0.117. The molecular weight excluding hydrogens is 510 g/mol. The van der Waals surface area contributed by atoms with Gasteiger partial charge in [0.25, 0.3) is 5.91 Å². The van der Waals surface area contributed by atoms with Gasteiger partial charge in [-0.05, 0) is 73.8 Å². The van der Waals surface area contributed by atoms with Gasteiger partial charge in [0.1, 0.15) is 11.3 Å². The SMILES string of the molecule is COc1cc(C(=O)N2C[C@@]3(CN)CCC23)cc2nc(-c3cc4ccc(/C=C/CC(C)C)cc4n3CC3CC3)n(C)c12. The summed E-state index contributed by atoms with van der Waals surface area (Å²) < 4.78 is 10.4. The average molecular weight is 552 g/mol. The van der Waals surface area contributed by atoms with Crippen molar-refractivity contribution in [1.29, 1.82) is 0 Å². The summed E-state index contributed by atoms with van der Waals surface area (Å²) in [5.74, 6) is 2.97. The van der Waals surface area contributed by atoms with Crippen LogP contribution in [0, 0.1) is 17.3 Å². The van der Waals surface area contributed by atoms with E-state index in [-0.39, 0.29) is 17.4 Å². The number of carbonyl (C=O) groups excluding carboxylic acids is 1. The molecule has 7 heteroatoms. The van der Waals surface area contributed by atoms with Crippen molar-refractivity contribution in [2.24, 2.45) is 30.0 Å². The van der Waals surface area contributed by atoms with Crippen molar-refractivity contribution in [1.82, 2.24) is 19.0 Å². The van der Waals surface area contributed by atoms with E-state index in [1.165, 1.54) is 29.3 Å². The molecule has 2 aliphatic carbocycles. The Morgan fingerprint density at radius 1 is 1.20 bits per heavy atom. The van der Waals surface area contributed by atoms with E-state index in [0.29, 0.717) is 29.7 Å². The molecule has 0 bridgehead atoms. The highest BCUT2D eigenvalue weighted by Gasteiger charge is 2.59. The highest BCUT2D eigenvalue weighted by molar-refractivity contribution is 6.01. The maximum atomic E-state index is 13.6. The van der Waals surface area contributed by atoms with E-state index in [2.05, 4.69) is 59.4 Å². The van der Waals surface area contributed by atoms with Crippen LogP contribution in [0.3, 0.4) is 0 Å². The Morgan fingerprint density at radius 3 is 2.68 bits per heavy atom. The molecule has 214 valence electrons. The molecule has 41 heavy (non-hydrogen) atoms. The number of hydrogen-bond acceptors (Lipinski definition) is 4. The first kappa shape index (κ1) is 26.3. The molecule has 1 saturated heterocycles. The second-order valence-electron chi connectivity index (χ2n) is 13.0. The van der Waals surface area contributed by atoms with E-state index in [4.69, 9.17) is 15.5 Å². The summed E-state index contributed by atoms with van der Waals surface area (Å²) in [4.78, 5) is 20.7. The van der Waals surface area contributed by atoms with Gasteiger partial charge in [-0.1, -0.05) is 38.1 Å². The second-order valence-corrected chi connectivity index (χ2v) is 13.0. The Bertz CT molecular complexity index is 1690. The number of allylic oxidation sites excluding steroid dienone is 1. The average Bonchev–Trinajstić information content (AvgIpc) is 3.63. The van der Waals surface area contributed by atoms with Crippen LogP contribution in [-0.4, -0.2) is 51.2 Å². The number of nitrogens with zero attached hydrogens (tertiary/aromatic N) is 4. The summed E-state index contributed by atoms with van der Waals surface area (Å²) in [6, 6.07) is 13.1. The van der Waals surface area contributed by atoms with E-state index >= 15 is 0 Å². The van der Waals surface area contributed by atoms with Crippen LogP contribution in [0.5, 0.6) is 5.75 Å². The predicted molar refractivity (Wildman–Crippen MR) is 165 cm³/mol. The second kappa shape index (κ2) is 9.76. The highest BCUT2D eigenvalue weighted by Crippen LogP contribution is 2.53. The Balaban J connectivity index is 1.29. The highest BCUT2D eigenvalue weighted by atomic mass is 16.5. The summed E-state index contributed by atoms with van der Waals surface area (Å²) >= 11 is 0. The minimum absolute atomic E-state index is 0.0482. The van der Waals surface area contributed by atoms with Gasteiger partial charge in [-0.25, -0.2) is 4.98 Å². The fourth-order valence-electron chi connectivity index (χ4n) is 6.98. The fourth-order valence-corrected chi connectivity index (χ4v) is 6.98. The number of imidazole rings is 1. The summed E-state index contributed by atoms with van der Waals surface area (Å²) in [6.45, 7) is 6.88. The van der Waals surface area contributed by atoms with E-state index in [0.717, 1.165) is 54.9 Å². The minimum atomic E-state index is 0.0482. The Morgan fingerprint density at radius 2 is 2.02 bits per heavy atom. The van der Waals surface area contributed by atoms with E-state index in [9.17, 15) is 4.79 Å². The van der Waals surface area contributed by atoms with Crippen molar-refractivity contribution in [2.45, 2.75) is 58.5 Å². The number of piperidine rings is 1. The van der Waals surface area contributed by atoms with Crippen molar-refractivity contribution in [3.63, 3.8) is 0 Å². The molecule has 2 saturated carbocycles. The molecule has 4 aromatic rings. The lowest BCUT2D eigenvalue weighted by Gasteiger charge is -2.64. The van der Waals surface area contributed by atoms with Crippen molar-refractivity contribution in [2.75, 3.05) is 20.2 Å². The number of benzene rings is 2. The number of aromatic nitrogens is 3. The lowest BCUT2D eigenvalue weighted by atomic mass is 9.57. The van der Waals surface area contributed by atoms with Crippen LogP contribution in [0.25, 0.3) is 39.5 Å². The van der Waals surface area contributed by atoms with Crippen molar-refractivity contribution in [3.8, 4) is 17.3 Å². The molecule has 2 aromatic heterocycles.